The topological polar surface area (TPSA) is 78.9 Å². The molecule has 132 valence electrons. The molecule has 0 saturated carbocycles. The number of nitrogens with zero attached hydrogens (tertiary/aromatic N) is 2. The van der Waals surface area contributed by atoms with Crippen LogP contribution in [0.4, 0.5) is 27.5 Å². The zero-order chi connectivity index (χ0) is 18.4. The van der Waals surface area contributed by atoms with E-state index < -0.39 is 0 Å². The van der Waals surface area contributed by atoms with Crippen LogP contribution < -0.4 is 16.0 Å². The van der Waals surface area contributed by atoms with Crippen LogP contribution >= 0.6 is 0 Å². The molecule has 0 saturated heterocycles. The van der Waals surface area contributed by atoms with Crippen molar-refractivity contribution in [1.82, 2.24) is 9.97 Å². The number of hydrogen-bond donors (Lipinski definition) is 3. The molecular weight excluding hydrogens is 333 g/mol. The molecule has 0 aliphatic heterocycles. The van der Waals surface area contributed by atoms with Gasteiger partial charge in [0.15, 0.2) is 0 Å². The predicted molar refractivity (Wildman–Crippen MR) is 99.8 cm³/mol. The Kier molecular flexibility index (Phi) is 5.38. The quantitative estimate of drug-likeness (QED) is 0.627. The van der Waals surface area contributed by atoms with Crippen molar-refractivity contribution in [1.29, 1.82) is 0 Å². The molecule has 6 nitrogen and oxygen atoms in total. The summed E-state index contributed by atoms with van der Waals surface area (Å²) >= 11 is 0. The third kappa shape index (κ3) is 5.01. The summed E-state index contributed by atoms with van der Waals surface area (Å²) in [6.45, 7) is 1.95. The van der Waals surface area contributed by atoms with E-state index in [1.54, 1.807) is 24.4 Å². The molecule has 26 heavy (non-hydrogen) atoms. The molecule has 1 amide bonds. The van der Waals surface area contributed by atoms with Crippen molar-refractivity contribution in [2.24, 2.45) is 0 Å². The van der Waals surface area contributed by atoms with Gasteiger partial charge in [-0.3, -0.25) is 4.79 Å². The number of carbonyl (C=O) groups excluding carboxylic acids is 1. The molecule has 0 spiro atoms. The molecule has 3 rings (SSSR count). The van der Waals surface area contributed by atoms with E-state index in [9.17, 15) is 9.18 Å². The number of nitrogens with one attached hydrogen (secondary N) is 3. The Hall–Kier alpha value is -3.48. The molecule has 3 aromatic rings. The van der Waals surface area contributed by atoms with Crippen molar-refractivity contribution in [3.63, 3.8) is 0 Å². The Balaban J connectivity index is 1.65. The van der Waals surface area contributed by atoms with Crippen molar-refractivity contribution < 1.29 is 9.18 Å². The number of aromatic nitrogens is 2. The fraction of sp³-hybridized carbons (Fsp3) is 0.105. The molecular formula is C19H18FN5O. The second-order valence-corrected chi connectivity index (χ2v) is 5.63. The molecule has 1 heterocycles. The van der Waals surface area contributed by atoms with Crippen molar-refractivity contribution in [3.8, 4) is 0 Å². The number of carbonyl (C=O) groups is 1. The first-order chi connectivity index (χ1) is 12.6. The van der Waals surface area contributed by atoms with Crippen LogP contribution in [0.1, 0.15) is 12.5 Å². The van der Waals surface area contributed by atoms with E-state index in [0.29, 0.717) is 24.0 Å². The lowest BCUT2D eigenvalue weighted by Gasteiger charge is -2.10. The smallest absolute Gasteiger partial charge is 0.224 e. The third-order valence-corrected chi connectivity index (χ3v) is 3.47. The summed E-state index contributed by atoms with van der Waals surface area (Å²) in [4.78, 5) is 19.7. The number of anilines is 4. The number of rotatable bonds is 6. The maximum atomic E-state index is 12.9. The average molecular weight is 351 g/mol. The summed E-state index contributed by atoms with van der Waals surface area (Å²) in [5, 5.41) is 9.01. The highest BCUT2D eigenvalue weighted by molar-refractivity contribution is 5.89. The second-order valence-electron chi connectivity index (χ2n) is 5.63. The van der Waals surface area contributed by atoms with E-state index >= 15 is 0 Å². The molecule has 7 heteroatoms. The van der Waals surface area contributed by atoms with Crippen molar-refractivity contribution in [2.75, 3.05) is 16.0 Å². The monoisotopic (exact) mass is 351 g/mol. The van der Waals surface area contributed by atoms with E-state index in [-0.39, 0.29) is 11.7 Å². The Bertz CT molecular complexity index is 898. The van der Waals surface area contributed by atoms with Crippen molar-refractivity contribution in [3.05, 3.63) is 72.2 Å². The van der Waals surface area contributed by atoms with E-state index in [1.165, 1.54) is 19.1 Å². The molecule has 0 fully saturated rings. The highest BCUT2D eigenvalue weighted by Crippen LogP contribution is 2.19. The largest absolute Gasteiger partial charge is 0.350 e. The highest BCUT2D eigenvalue weighted by Gasteiger charge is 2.02. The summed E-state index contributed by atoms with van der Waals surface area (Å²) < 4.78 is 12.9. The molecule has 0 aliphatic carbocycles. The maximum absolute atomic E-state index is 12.9. The highest BCUT2D eigenvalue weighted by atomic mass is 19.1. The fourth-order valence-corrected chi connectivity index (χ4v) is 2.32. The number of hydrogen-bond acceptors (Lipinski definition) is 5. The minimum Gasteiger partial charge on any atom is -0.350 e. The summed E-state index contributed by atoms with van der Waals surface area (Å²) in [7, 11) is 0. The van der Waals surface area contributed by atoms with Gasteiger partial charge in [-0.2, -0.15) is 4.98 Å². The van der Waals surface area contributed by atoms with Gasteiger partial charge in [0.25, 0.3) is 0 Å². The van der Waals surface area contributed by atoms with Crippen LogP contribution in [0.15, 0.2) is 60.8 Å². The lowest BCUT2D eigenvalue weighted by Crippen LogP contribution is -2.06. The van der Waals surface area contributed by atoms with Crippen LogP contribution in [0.2, 0.25) is 0 Å². The zero-order valence-electron chi connectivity index (χ0n) is 14.2. The van der Waals surface area contributed by atoms with Crippen molar-refractivity contribution in [2.45, 2.75) is 13.5 Å². The summed E-state index contributed by atoms with van der Waals surface area (Å²) in [5.41, 5.74) is 2.42. The van der Waals surface area contributed by atoms with E-state index in [1.807, 2.05) is 24.3 Å². The van der Waals surface area contributed by atoms with Gasteiger partial charge in [-0.25, -0.2) is 9.37 Å². The molecule has 3 N–H and O–H groups in total. The standard InChI is InChI=1S/C19H18FN5O/c1-13(26)23-16-3-2-4-17(11-16)24-18-9-10-21-19(25-18)22-12-14-5-7-15(20)8-6-14/h2-11H,12H2,1H3,(H,23,26)(H2,21,22,24,25). The lowest BCUT2D eigenvalue weighted by molar-refractivity contribution is -0.114. The number of amides is 1. The van der Waals surface area contributed by atoms with Gasteiger partial charge in [0.2, 0.25) is 11.9 Å². The van der Waals surface area contributed by atoms with E-state index in [4.69, 9.17) is 0 Å². The average Bonchev–Trinajstić information content (AvgIpc) is 2.61. The molecule has 2 aromatic carbocycles. The van der Waals surface area contributed by atoms with Crippen LogP contribution in [-0.4, -0.2) is 15.9 Å². The molecule has 0 aliphatic rings. The lowest BCUT2D eigenvalue weighted by atomic mass is 10.2. The SMILES string of the molecule is CC(=O)Nc1cccc(Nc2ccnc(NCc3ccc(F)cc3)n2)c1. The summed E-state index contributed by atoms with van der Waals surface area (Å²) in [5.74, 6) is 0.674. The van der Waals surface area contributed by atoms with Crippen LogP contribution in [0, 0.1) is 5.82 Å². The zero-order valence-corrected chi connectivity index (χ0v) is 14.2. The van der Waals surface area contributed by atoms with Crippen molar-refractivity contribution >= 4 is 29.0 Å². The van der Waals surface area contributed by atoms with Gasteiger partial charge in [-0.15, -0.1) is 0 Å². The Morgan fingerprint density at radius 2 is 1.85 bits per heavy atom. The predicted octanol–water partition coefficient (Wildman–Crippen LogP) is 3.93. The Morgan fingerprint density at radius 1 is 1.08 bits per heavy atom. The molecule has 1 aromatic heterocycles. The minimum absolute atomic E-state index is 0.128. The van der Waals surface area contributed by atoms with E-state index in [0.717, 1.165) is 11.3 Å². The first-order valence-electron chi connectivity index (χ1n) is 8.04. The van der Waals surface area contributed by atoms with E-state index in [2.05, 4.69) is 25.9 Å². The maximum Gasteiger partial charge on any atom is 0.224 e. The molecule has 0 atom stereocenters. The number of benzene rings is 2. The van der Waals surface area contributed by atoms with Gasteiger partial charge in [-0.1, -0.05) is 18.2 Å². The van der Waals surface area contributed by atoms with Gasteiger partial charge in [0, 0.05) is 31.0 Å². The van der Waals surface area contributed by atoms with Gasteiger partial charge >= 0.3 is 0 Å². The Labute approximate surface area is 150 Å². The summed E-state index contributed by atoms with van der Waals surface area (Å²) in [6.07, 6.45) is 1.64. The first-order valence-corrected chi connectivity index (χ1v) is 8.04. The van der Waals surface area contributed by atoms with Gasteiger partial charge in [-0.05, 0) is 42.0 Å². The summed E-state index contributed by atoms with van der Waals surface area (Å²) in [6, 6.07) is 15.3. The Morgan fingerprint density at radius 3 is 2.62 bits per heavy atom. The second kappa shape index (κ2) is 8.06. The number of halogens is 1. The normalized spacial score (nSPS) is 10.2. The van der Waals surface area contributed by atoms with Gasteiger partial charge < -0.3 is 16.0 Å². The van der Waals surface area contributed by atoms with Crippen LogP contribution in [0.3, 0.4) is 0 Å². The van der Waals surface area contributed by atoms with Gasteiger partial charge in [0.1, 0.15) is 11.6 Å². The first kappa shape index (κ1) is 17.3. The van der Waals surface area contributed by atoms with Crippen LogP contribution in [0.5, 0.6) is 0 Å². The van der Waals surface area contributed by atoms with Crippen LogP contribution in [-0.2, 0) is 11.3 Å². The molecule has 0 radical (unpaired) electrons. The molecule has 0 bridgehead atoms. The van der Waals surface area contributed by atoms with Gasteiger partial charge in [0.05, 0.1) is 0 Å². The molecule has 0 unspecified atom stereocenters. The third-order valence-electron chi connectivity index (χ3n) is 3.47. The minimum atomic E-state index is -0.266. The van der Waals surface area contributed by atoms with Crippen LogP contribution in [0.25, 0.3) is 0 Å². The fourth-order valence-electron chi connectivity index (χ4n) is 2.32.